The highest BCUT2D eigenvalue weighted by Gasteiger charge is 2.32. The van der Waals surface area contributed by atoms with Crippen molar-refractivity contribution in [2.24, 2.45) is 0 Å². The SMILES string of the molecule is C[C@H]1Oc2ccccc2CN(c2ccc(OC(F)(F)F)cc2)C1=O. The Morgan fingerprint density at radius 1 is 1.12 bits per heavy atom. The molecule has 0 radical (unpaired) electrons. The molecule has 7 heteroatoms. The van der Waals surface area contributed by atoms with E-state index in [0.29, 0.717) is 11.4 Å². The number of carbonyl (C=O) groups excluding carboxylic acids is 1. The minimum absolute atomic E-state index is 0.268. The Labute approximate surface area is 136 Å². The summed E-state index contributed by atoms with van der Waals surface area (Å²) in [6.45, 7) is 1.91. The van der Waals surface area contributed by atoms with E-state index in [-0.39, 0.29) is 18.2 Å². The minimum atomic E-state index is -4.75. The fourth-order valence-electron chi connectivity index (χ4n) is 2.50. The molecule has 1 aliphatic heterocycles. The van der Waals surface area contributed by atoms with Crippen LogP contribution >= 0.6 is 0 Å². The van der Waals surface area contributed by atoms with Gasteiger partial charge in [-0.15, -0.1) is 13.2 Å². The van der Waals surface area contributed by atoms with Crippen molar-refractivity contribution in [1.29, 1.82) is 0 Å². The van der Waals surface area contributed by atoms with Gasteiger partial charge < -0.3 is 14.4 Å². The molecule has 0 fully saturated rings. The molecule has 0 saturated heterocycles. The molecule has 0 spiro atoms. The summed E-state index contributed by atoms with van der Waals surface area (Å²) < 4.78 is 46.2. The number of ether oxygens (including phenoxy) is 2. The topological polar surface area (TPSA) is 38.8 Å². The van der Waals surface area contributed by atoms with E-state index in [0.717, 1.165) is 5.56 Å². The van der Waals surface area contributed by atoms with Crippen LogP contribution in [0.2, 0.25) is 0 Å². The van der Waals surface area contributed by atoms with Crippen LogP contribution in [0.5, 0.6) is 11.5 Å². The Kier molecular flexibility index (Phi) is 4.09. The van der Waals surface area contributed by atoms with Crippen LogP contribution in [0.15, 0.2) is 48.5 Å². The standard InChI is InChI=1S/C17H14F3NO3/c1-11-16(22)21(10-12-4-2-3-5-15(12)23-11)13-6-8-14(9-7-13)24-17(18,19)20/h2-9,11H,10H2,1H3/t11-/m1/s1. The maximum Gasteiger partial charge on any atom is 0.573 e. The van der Waals surface area contributed by atoms with Gasteiger partial charge in [0, 0.05) is 11.3 Å². The lowest BCUT2D eigenvalue weighted by Gasteiger charge is -2.22. The fraction of sp³-hybridized carbons (Fsp3) is 0.235. The number of hydrogen-bond donors (Lipinski definition) is 0. The Bertz CT molecular complexity index is 743. The number of anilines is 1. The van der Waals surface area contributed by atoms with Crippen LogP contribution in [0, 0.1) is 0 Å². The van der Waals surface area contributed by atoms with E-state index in [9.17, 15) is 18.0 Å². The number of carbonyl (C=O) groups is 1. The van der Waals surface area contributed by atoms with Gasteiger partial charge in [0.15, 0.2) is 6.10 Å². The Balaban J connectivity index is 1.88. The quantitative estimate of drug-likeness (QED) is 0.834. The van der Waals surface area contributed by atoms with Crippen LogP contribution in [-0.4, -0.2) is 18.4 Å². The molecular weight excluding hydrogens is 323 g/mol. The molecule has 2 aromatic carbocycles. The third kappa shape index (κ3) is 3.45. The van der Waals surface area contributed by atoms with Crippen LogP contribution in [-0.2, 0) is 11.3 Å². The van der Waals surface area contributed by atoms with Gasteiger partial charge in [-0.3, -0.25) is 4.79 Å². The highest BCUT2D eigenvalue weighted by atomic mass is 19.4. The van der Waals surface area contributed by atoms with Crippen LogP contribution in [0.1, 0.15) is 12.5 Å². The summed E-state index contributed by atoms with van der Waals surface area (Å²) in [6, 6.07) is 12.5. The zero-order valence-electron chi connectivity index (χ0n) is 12.7. The average molecular weight is 337 g/mol. The van der Waals surface area contributed by atoms with Gasteiger partial charge >= 0.3 is 6.36 Å². The highest BCUT2D eigenvalue weighted by Crippen LogP contribution is 2.30. The van der Waals surface area contributed by atoms with E-state index < -0.39 is 12.5 Å². The van der Waals surface area contributed by atoms with Crippen molar-refractivity contribution in [1.82, 2.24) is 0 Å². The summed E-state index contributed by atoms with van der Waals surface area (Å²) in [6.07, 6.45) is -5.44. The van der Waals surface area contributed by atoms with Gasteiger partial charge in [-0.1, -0.05) is 18.2 Å². The largest absolute Gasteiger partial charge is 0.573 e. The molecule has 1 atom stereocenters. The first-order valence-electron chi connectivity index (χ1n) is 7.25. The number of benzene rings is 2. The summed E-state index contributed by atoms with van der Waals surface area (Å²) in [5.74, 6) is 0.0202. The second-order valence-corrected chi connectivity index (χ2v) is 5.33. The summed E-state index contributed by atoms with van der Waals surface area (Å²) >= 11 is 0. The lowest BCUT2D eigenvalue weighted by atomic mass is 10.1. The number of amides is 1. The van der Waals surface area contributed by atoms with E-state index in [4.69, 9.17) is 4.74 Å². The first-order valence-corrected chi connectivity index (χ1v) is 7.25. The molecule has 0 N–H and O–H groups in total. The van der Waals surface area contributed by atoms with Crippen molar-refractivity contribution in [3.63, 3.8) is 0 Å². The van der Waals surface area contributed by atoms with Gasteiger partial charge in [0.1, 0.15) is 11.5 Å². The molecule has 24 heavy (non-hydrogen) atoms. The van der Waals surface area contributed by atoms with E-state index in [1.165, 1.54) is 29.2 Å². The number of para-hydroxylation sites is 1. The van der Waals surface area contributed by atoms with E-state index >= 15 is 0 Å². The van der Waals surface area contributed by atoms with Gasteiger partial charge in [0.25, 0.3) is 5.91 Å². The van der Waals surface area contributed by atoms with E-state index in [1.807, 2.05) is 18.2 Å². The molecule has 1 amide bonds. The zero-order valence-corrected chi connectivity index (χ0v) is 12.7. The van der Waals surface area contributed by atoms with Gasteiger partial charge in [-0.2, -0.15) is 0 Å². The van der Waals surface area contributed by atoms with Crippen molar-refractivity contribution >= 4 is 11.6 Å². The smallest absolute Gasteiger partial charge is 0.481 e. The van der Waals surface area contributed by atoms with E-state index in [2.05, 4.69) is 4.74 Å². The first kappa shape index (κ1) is 16.2. The summed E-state index contributed by atoms with van der Waals surface area (Å²) in [4.78, 5) is 14.0. The van der Waals surface area contributed by atoms with Gasteiger partial charge in [-0.25, -0.2) is 0 Å². The number of fused-ring (bicyclic) bond motifs is 1. The number of nitrogens with zero attached hydrogens (tertiary/aromatic N) is 1. The molecule has 0 bridgehead atoms. The minimum Gasteiger partial charge on any atom is -0.481 e. The van der Waals surface area contributed by atoms with Crippen molar-refractivity contribution in [3.05, 3.63) is 54.1 Å². The molecule has 1 heterocycles. The third-order valence-electron chi connectivity index (χ3n) is 3.60. The van der Waals surface area contributed by atoms with Gasteiger partial charge in [-0.05, 0) is 37.3 Å². The van der Waals surface area contributed by atoms with Crippen LogP contribution < -0.4 is 14.4 Å². The highest BCUT2D eigenvalue weighted by molar-refractivity contribution is 5.97. The molecule has 2 aromatic rings. The summed E-state index contributed by atoms with van der Waals surface area (Å²) in [7, 11) is 0. The Morgan fingerprint density at radius 3 is 2.46 bits per heavy atom. The Hall–Kier alpha value is -2.70. The molecule has 126 valence electrons. The van der Waals surface area contributed by atoms with Crippen molar-refractivity contribution in [2.45, 2.75) is 25.9 Å². The van der Waals surface area contributed by atoms with Crippen molar-refractivity contribution in [2.75, 3.05) is 4.90 Å². The van der Waals surface area contributed by atoms with Crippen molar-refractivity contribution < 1.29 is 27.4 Å². The normalized spacial score (nSPS) is 17.8. The van der Waals surface area contributed by atoms with Gasteiger partial charge in [0.2, 0.25) is 0 Å². The number of alkyl halides is 3. The van der Waals surface area contributed by atoms with Crippen molar-refractivity contribution in [3.8, 4) is 11.5 Å². The van der Waals surface area contributed by atoms with Crippen LogP contribution in [0.4, 0.5) is 18.9 Å². The monoisotopic (exact) mass is 337 g/mol. The zero-order chi connectivity index (χ0) is 17.3. The predicted molar refractivity (Wildman–Crippen MR) is 80.8 cm³/mol. The molecule has 0 aliphatic carbocycles. The maximum absolute atomic E-state index is 12.5. The maximum atomic E-state index is 12.5. The molecule has 0 saturated carbocycles. The number of rotatable bonds is 2. The molecular formula is C17H14F3NO3. The molecule has 4 nitrogen and oxygen atoms in total. The summed E-state index contributed by atoms with van der Waals surface area (Å²) in [5, 5.41) is 0. The average Bonchev–Trinajstić information content (AvgIpc) is 2.64. The second-order valence-electron chi connectivity index (χ2n) is 5.33. The lowest BCUT2D eigenvalue weighted by Crippen LogP contribution is -2.37. The molecule has 1 aliphatic rings. The predicted octanol–water partition coefficient (Wildman–Crippen LogP) is 3.90. The molecule has 0 unspecified atom stereocenters. The fourth-order valence-corrected chi connectivity index (χ4v) is 2.50. The lowest BCUT2D eigenvalue weighted by molar-refractivity contribution is -0.274. The molecule has 0 aromatic heterocycles. The third-order valence-corrected chi connectivity index (χ3v) is 3.60. The number of hydrogen-bond acceptors (Lipinski definition) is 3. The Morgan fingerprint density at radius 2 is 1.79 bits per heavy atom. The molecule has 3 rings (SSSR count). The van der Waals surface area contributed by atoms with Crippen LogP contribution in [0.25, 0.3) is 0 Å². The first-order chi connectivity index (χ1) is 11.3. The number of halogens is 3. The van der Waals surface area contributed by atoms with Gasteiger partial charge in [0.05, 0.1) is 6.54 Å². The van der Waals surface area contributed by atoms with Crippen LogP contribution in [0.3, 0.4) is 0 Å². The van der Waals surface area contributed by atoms with E-state index in [1.54, 1.807) is 13.0 Å². The second kappa shape index (κ2) is 6.07. The summed E-state index contributed by atoms with van der Waals surface area (Å²) in [5.41, 5.74) is 1.30.